The van der Waals surface area contributed by atoms with E-state index in [1.165, 1.54) is 26.2 Å². The molecule has 1 aliphatic heterocycles. The molecule has 10 nitrogen and oxygen atoms in total. The van der Waals surface area contributed by atoms with E-state index in [0.717, 1.165) is 0 Å². The number of aliphatic hydroxyl groups is 1. The van der Waals surface area contributed by atoms with Gasteiger partial charge in [0, 0.05) is 23.9 Å². The van der Waals surface area contributed by atoms with Gasteiger partial charge in [0.25, 0.3) is 11.8 Å². The van der Waals surface area contributed by atoms with Crippen molar-refractivity contribution in [1.82, 2.24) is 4.90 Å². The van der Waals surface area contributed by atoms with E-state index in [4.69, 9.17) is 14.2 Å². The van der Waals surface area contributed by atoms with E-state index in [-0.39, 0.29) is 31.0 Å². The number of nitrogens with one attached hydrogen (secondary N) is 2. The van der Waals surface area contributed by atoms with E-state index < -0.39 is 17.8 Å². The van der Waals surface area contributed by atoms with Gasteiger partial charge in [-0.3, -0.25) is 9.59 Å². The molecule has 0 aliphatic carbocycles. The molecule has 1 aliphatic rings. The third-order valence-electron chi connectivity index (χ3n) is 5.00. The Balaban J connectivity index is 1.84. The molecular formula is C23H25N3O7. The minimum atomic E-state index is -0.648. The van der Waals surface area contributed by atoms with E-state index in [1.54, 1.807) is 42.5 Å². The molecule has 2 aromatic rings. The van der Waals surface area contributed by atoms with Gasteiger partial charge in [-0.15, -0.1) is 0 Å². The lowest BCUT2D eigenvalue weighted by Gasteiger charge is -2.15. The lowest BCUT2D eigenvalue weighted by atomic mass is 10.1. The van der Waals surface area contributed by atoms with Crippen LogP contribution in [0.3, 0.4) is 0 Å². The molecule has 2 amide bonds. The molecule has 0 saturated carbocycles. The zero-order chi connectivity index (χ0) is 24.0. The van der Waals surface area contributed by atoms with Gasteiger partial charge >= 0.3 is 5.97 Å². The highest BCUT2D eigenvalue weighted by Gasteiger charge is 2.34. The van der Waals surface area contributed by atoms with Crippen molar-refractivity contribution < 1.29 is 33.7 Å². The van der Waals surface area contributed by atoms with Gasteiger partial charge < -0.3 is 34.9 Å². The lowest BCUT2D eigenvalue weighted by Crippen LogP contribution is -2.31. The number of hydrogen-bond donors (Lipinski definition) is 3. The van der Waals surface area contributed by atoms with Crippen LogP contribution >= 0.6 is 0 Å². The van der Waals surface area contributed by atoms with Crippen LogP contribution in [0, 0.1) is 0 Å². The average molecular weight is 455 g/mol. The Morgan fingerprint density at radius 2 is 1.88 bits per heavy atom. The highest BCUT2D eigenvalue weighted by molar-refractivity contribution is 6.09. The van der Waals surface area contributed by atoms with Gasteiger partial charge in [0.15, 0.2) is 0 Å². The average Bonchev–Trinajstić information content (AvgIpc) is 3.13. The summed E-state index contributed by atoms with van der Waals surface area (Å²) < 4.78 is 15.3. The third-order valence-corrected chi connectivity index (χ3v) is 5.00. The van der Waals surface area contributed by atoms with Gasteiger partial charge in [0.1, 0.15) is 17.2 Å². The first-order chi connectivity index (χ1) is 15.9. The first-order valence-corrected chi connectivity index (χ1v) is 10.0. The summed E-state index contributed by atoms with van der Waals surface area (Å²) in [6.07, 6.45) is 0. The molecule has 0 atom stereocenters. The predicted octanol–water partition coefficient (Wildman–Crippen LogP) is 1.63. The standard InChI is InChI=1S/C23H25N3O7/c1-31-16-7-8-19(32-2)18(12-16)25-21(28)14-5-4-6-15(11-14)24-20-17(23(30)33-3)13-26(9-10-27)22(20)29/h4-8,11-12,24,27H,9-10,13H2,1-3H3,(H,25,28). The van der Waals surface area contributed by atoms with Gasteiger partial charge in [-0.25, -0.2) is 4.79 Å². The number of β-amino-alcohol motifs (C(OH)–C–C–N with tert-alkyl or cyclic N) is 1. The molecule has 0 bridgehead atoms. The normalized spacial score (nSPS) is 13.1. The molecule has 33 heavy (non-hydrogen) atoms. The molecule has 0 aromatic heterocycles. The number of amides is 2. The molecular weight excluding hydrogens is 430 g/mol. The number of carbonyl (C=O) groups is 3. The van der Waals surface area contributed by atoms with Crippen LogP contribution in [0.25, 0.3) is 0 Å². The maximum Gasteiger partial charge on any atom is 0.337 e. The Hall–Kier alpha value is -4.05. The Bertz CT molecular complexity index is 1100. The van der Waals surface area contributed by atoms with Crippen LogP contribution in [0.5, 0.6) is 11.5 Å². The summed E-state index contributed by atoms with van der Waals surface area (Å²) in [4.78, 5) is 39.1. The monoisotopic (exact) mass is 455 g/mol. The zero-order valence-corrected chi connectivity index (χ0v) is 18.5. The van der Waals surface area contributed by atoms with E-state index in [9.17, 15) is 19.5 Å². The number of methoxy groups -OCH3 is 3. The lowest BCUT2D eigenvalue weighted by molar-refractivity contribution is -0.136. The molecule has 174 valence electrons. The number of esters is 1. The molecule has 0 spiro atoms. The molecule has 0 unspecified atom stereocenters. The van der Waals surface area contributed by atoms with E-state index in [0.29, 0.717) is 28.4 Å². The largest absolute Gasteiger partial charge is 0.497 e. The van der Waals surface area contributed by atoms with E-state index in [2.05, 4.69) is 10.6 Å². The van der Waals surface area contributed by atoms with Crippen LogP contribution in [0.4, 0.5) is 11.4 Å². The highest BCUT2D eigenvalue weighted by atomic mass is 16.5. The van der Waals surface area contributed by atoms with Gasteiger partial charge in [-0.2, -0.15) is 0 Å². The predicted molar refractivity (Wildman–Crippen MR) is 120 cm³/mol. The Morgan fingerprint density at radius 3 is 2.55 bits per heavy atom. The molecule has 1 heterocycles. The Kier molecular flexibility index (Phi) is 7.52. The zero-order valence-electron chi connectivity index (χ0n) is 18.5. The van der Waals surface area contributed by atoms with E-state index in [1.807, 2.05) is 0 Å². The van der Waals surface area contributed by atoms with E-state index >= 15 is 0 Å². The van der Waals surface area contributed by atoms with Crippen molar-refractivity contribution in [2.45, 2.75) is 0 Å². The fourth-order valence-corrected chi connectivity index (χ4v) is 3.34. The van der Waals surface area contributed by atoms with Gasteiger partial charge in [0.05, 0.1) is 45.7 Å². The first-order valence-electron chi connectivity index (χ1n) is 10.0. The molecule has 10 heteroatoms. The second-order valence-electron chi connectivity index (χ2n) is 7.02. The minimum Gasteiger partial charge on any atom is -0.497 e. The quantitative estimate of drug-likeness (QED) is 0.487. The summed E-state index contributed by atoms with van der Waals surface area (Å²) in [6, 6.07) is 11.5. The topological polar surface area (TPSA) is 126 Å². The fraction of sp³-hybridized carbons (Fsp3) is 0.261. The van der Waals surface area contributed by atoms with Crippen LogP contribution in [0.2, 0.25) is 0 Å². The van der Waals surface area contributed by atoms with Crippen molar-refractivity contribution in [2.75, 3.05) is 51.7 Å². The second-order valence-corrected chi connectivity index (χ2v) is 7.02. The number of hydrogen-bond acceptors (Lipinski definition) is 8. The number of benzene rings is 2. The van der Waals surface area contributed by atoms with Gasteiger partial charge in [0.2, 0.25) is 0 Å². The summed E-state index contributed by atoms with van der Waals surface area (Å²) in [7, 11) is 4.24. The maximum atomic E-state index is 12.9. The summed E-state index contributed by atoms with van der Waals surface area (Å²) in [5.74, 6) is -0.486. The number of rotatable bonds is 9. The fourth-order valence-electron chi connectivity index (χ4n) is 3.34. The highest BCUT2D eigenvalue weighted by Crippen LogP contribution is 2.30. The smallest absolute Gasteiger partial charge is 0.337 e. The van der Waals surface area contributed by atoms with Crippen LogP contribution in [0.1, 0.15) is 10.4 Å². The van der Waals surface area contributed by atoms with Crippen LogP contribution < -0.4 is 20.1 Å². The number of aliphatic hydroxyl groups excluding tert-OH is 1. The molecule has 0 radical (unpaired) electrons. The van der Waals surface area contributed by atoms with Crippen LogP contribution in [-0.2, 0) is 14.3 Å². The van der Waals surface area contributed by atoms with Crippen molar-refractivity contribution in [3.05, 3.63) is 59.3 Å². The second kappa shape index (κ2) is 10.5. The van der Waals surface area contributed by atoms with Crippen LogP contribution in [0.15, 0.2) is 53.7 Å². The Labute approximate surface area is 190 Å². The summed E-state index contributed by atoms with van der Waals surface area (Å²) in [5, 5.41) is 14.9. The maximum absolute atomic E-state index is 12.9. The first kappa shape index (κ1) is 23.6. The number of nitrogens with zero attached hydrogens (tertiary/aromatic N) is 1. The number of anilines is 2. The summed E-state index contributed by atoms with van der Waals surface area (Å²) >= 11 is 0. The van der Waals surface area contributed by atoms with Crippen LogP contribution in [-0.4, -0.2) is 68.8 Å². The summed E-state index contributed by atoms with van der Waals surface area (Å²) in [6.45, 7) is -0.142. The molecule has 0 fully saturated rings. The summed E-state index contributed by atoms with van der Waals surface area (Å²) in [5.41, 5.74) is 1.36. The van der Waals surface area contributed by atoms with Crippen molar-refractivity contribution in [3.8, 4) is 11.5 Å². The van der Waals surface area contributed by atoms with Crippen molar-refractivity contribution in [1.29, 1.82) is 0 Å². The minimum absolute atomic E-state index is 0.0181. The molecule has 0 saturated heterocycles. The van der Waals surface area contributed by atoms with Gasteiger partial charge in [-0.1, -0.05) is 6.07 Å². The third kappa shape index (κ3) is 5.24. The SMILES string of the molecule is COC(=O)C1=C(Nc2cccc(C(=O)Nc3cc(OC)ccc3OC)c2)C(=O)N(CCO)C1. The number of ether oxygens (including phenoxy) is 3. The Morgan fingerprint density at radius 1 is 1.09 bits per heavy atom. The molecule has 2 aromatic carbocycles. The van der Waals surface area contributed by atoms with Gasteiger partial charge in [-0.05, 0) is 30.3 Å². The molecule has 3 N–H and O–H groups in total. The van der Waals surface area contributed by atoms with Crippen molar-refractivity contribution >= 4 is 29.2 Å². The van der Waals surface area contributed by atoms with Crippen molar-refractivity contribution in [3.63, 3.8) is 0 Å². The molecule has 3 rings (SSSR count). The van der Waals surface area contributed by atoms with Crippen molar-refractivity contribution in [2.24, 2.45) is 0 Å². The number of carbonyl (C=O) groups excluding carboxylic acids is 3.